The molecule has 0 aliphatic heterocycles. The lowest BCUT2D eigenvalue weighted by molar-refractivity contribution is -0.138. The Kier molecular flexibility index (Phi) is 3.22. The van der Waals surface area contributed by atoms with E-state index >= 15 is 0 Å². The van der Waals surface area contributed by atoms with Crippen molar-refractivity contribution in [1.82, 2.24) is 5.32 Å². The zero-order valence-electron chi connectivity index (χ0n) is 10.7. The van der Waals surface area contributed by atoms with Crippen LogP contribution in [0.4, 0.5) is 0 Å². The molecular formula is C16H17NO2. The summed E-state index contributed by atoms with van der Waals surface area (Å²) in [6.45, 7) is 1.59. The number of carboxylic acids is 1. The van der Waals surface area contributed by atoms with E-state index in [4.69, 9.17) is 5.11 Å². The Morgan fingerprint density at radius 1 is 1.21 bits per heavy atom. The smallest absolute Gasteiger partial charge is 0.306 e. The number of hydrogen-bond acceptors (Lipinski definition) is 2. The van der Waals surface area contributed by atoms with Crippen LogP contribution in [0.15, 0.2) is 42.5 Å². The second-order valence-electron chi connectivity index (χ2n) is 5.21. The molecule has 98 valence electrons. The average Bonchev–Trinajstić information content (AvgIpc) is 3.19. The summed E-state index contributed by atoms with van der Waals surface area (Å²) in [6, 6.07) is 14.6. The summed E-state index contributed by atoms with van der Waals surface area (Å²) in [5.74, 6) is -0.468. The molecule has 1 saturated carbocycles. The Morgan fingerprint density at radius 2 is 2.00 bits per heavy atom. The van der Waals surface area contributed by atoms with Crippen LogP contribution in [0.3, 0.4) is 0 Å². The molecule has 2 aromatic rings. The molecule has 0 spiro atoms. The van der Waals surface area contributed by atoms with E-state index in [1.54, 1.807) is 0 Å². The Labute approximate surface area is 112 Å². The molecule has 1 aliphatic carbocycles. The van der Waals surface area contributed by atoms with E-state index in [2.05, 4.69) is 35.6 Å². The van der Waals surface area contributed by atoms with Crippen molar-refractivity contribution >= 4 is 16.7 Å². The molecule has 2 aromatic carbocycles. The van der Waals surface area contributed by atoms with Crippen LogP contribution in [-0.4, -0.2) is 17.6 Å². The van der Waals surface area contributed by atoms with Crippen LogP contribution < -0.4 is 5.32 Å². The predicted molar refractivity (Wildman–Crippen MR) is 74.9 cm³/mol. The fourth-order valence-corrected chi connectivity index (χ4v) is 2.61. The summed E-state index contributed by atoms with van der Waals surface area (Å²) >= 11 is 0. The van der Waals surface area contributed by atoms with Gasteiger partial charge in [-0.2, -0.15) is 0 Å². The van der Waals surface area contributed by atoms with Crippen LogP contribution in [0.2, 0.25) is 0 Å². The van der Waals surface area contributed by atoms with Crippen LogP contribution in [0, 0.1) is 11.8 Å². The van der Waals surface area contributed by atoms with Crippen molar-refractivity contribution in [3.63, 3.8) is 0 Å². The van der Waals surface area contributed by atoms with Gasteiger partial charge in [0.05, 0.1) is 5.92 Å². The number of rotatable bonds is 5. The number of fused-ring (bicyclic) bond motifs is 1. The lowest BCUT2D eigenvalue weighted by atomic mass is 10.0. The summed E-state index contributed by atoms with van der Waals surface area (Å²) in [6.07, 6.45) is 0.817. The third-order valence-electron chi connectivity index (χ3n) is 3.84. The lowest BCUT2D eigenvalue weighted by Gasteiger charge is -2.08. The number of aliphatic carboxylic acids is 1. The van der Waals surface area contributed by atoms with Crippen molar-refractivity contribution in [3.8, 4) is 0 Å². The maximum Gasteiger partial charge on any atom is 0.306 e. The van der Waals surface area contributed by atoms with Gasteiger partial charge in [-0.05, 0) is 35.2 Å². The normalized spacial score (nSPS) is 21.5. The molecule has 0 saturated heterocycles. The first kappa shape index (κ1) is 12.2. The van der Waals surface area contributed by atoms with Crippen molar-refractivity contribution in [3.05, 3.63) is 48.0 Å². The molecule has 2 atom stereocenters. The number of nitrogens with one attached hydrogen (secondary N) is 1. The van der Waals surface area contributed by atoms with Gasteiger partial charge in [-0.1, -0.05) is 42.5 Å². The number of carbonyl (C=O) groups is 1. The number of carboxylic acid groups (broad SMARTS) is 1. The monoisotopic (exact) mass is 255 g/mol. The maximum atomic E-state index is 10.8. The van der Waals surface area contributed by atoms with Gasteiger partial charge in [0.15, 0.2) is 0 Å². The highest BCUT2D eigenvalue weighted by atomic mass is 16.4. The molecular weight excluding hydrogens is 238 g/mol. The third kappa shape index (κ3) is 2.61. The Balaban J connectivity index is 1.62. The van der Waals surface area contributed by atoms with Gasteiger partial charge < -0.3 is 10.4 Å². The SMILES string of the molecule is O=C(O)C1CC1CNCc1cccc2ccccc12. The molecule has 0 aromatic heterocycles. The molecule has 3 rings (SSSR count). The maximum absolute atomic E-state index is 10.8. The number of benzene rings is 2. The molecule has 0 amide bonds. The van der Waals surface area contributed by atoms with E-state index in [0.29, 0.717) is 5.92 Å². The lowest BCUT2D eigenvalue weighted by Crippen LogP contribution is -2.18. The van der Waals surface area contributed by atoms with Gasteiger partial charge in [0.1, 0.15) is 0 Å². The minimum absolute atomic E-state index is 0.125. The van der Waals surface area contributed by atoms with E-state index in [1.165, 1.54) is 16.3 Å². The zero-order valence-corrected chi connectivity index (χ0v) is 10.7. The number of hydrogen-bond donors (Lipinski definition) is 2. The van der Waals surface area contributed by atoms with E-state index in [9.17, 15) is 4.79 Å². The van der Waals surface area contributed by atoms with E-state index in [1.807, 2.05) is 12.1 Å². The van der Waals surface area contributed by atoms with Crippen LogP contribution in [0.1, 0.15) is 12.0 Å². The molecule has 0 heterocycles. The average molecular weight is 255 g/mol. The van der Waals surface area contributed by atoms with Gasteiger partial charge in [0.25, 0.3) is 0 Å². The minimum atomic E-state index is -0.656. The first-order valence-corrected chi connectivity index (χ1v) is 6.66. The van der Waals surface area contributed by atoms with Crippen LogP contribution >= 0.6 is 0 Å². The quantitative estimate of drug-likeness (QED) is 0.863. The van der Waals surface area contributed by atoms with Crippen LogP contribution in [0.5, 0.6) is 0 Å². The van der Waals surface area contributed by atoms with Gasteiger partial charge in [-0.25, -0.2) is 0 Å². The largest absolute Gasteiger partial charge is 0.481 e. The van der Waals surface area contributed by atoms with Crippen molar-refractivity contribution in [1.29, 1.82) is 0 Å². The molecule has 1 aliphatic rings. The zero-order chi connectivity index (χ0) is 13.2. The van der Waals surface area contributed by atoms with Gasteiger partial charge >= 0.3 is 5.97 Å². The highest BCUT2D eigenvalue weighted by Gasteiger charge is 2.42. The molecule has 19 heavy (non-hydrogen) atoms. The third-order valence-corrected chi connectivity index (χ3v) is 3.84. The first-order chi connectivity index (χ1) is 9.25. The first-order valence-electron chi connectivity index (χ1n) is 6.66. The standard InChI is InChI=1S/C16H17NO2/c18-16(19)15-8-13(15)10-17-9-12-6-3-5-11-4-1-2-7-14(11)12/h1-7,13,15,17H,8-10H2,(H,18,19). The highest BCUT2D eigenvalue weighted by molar-refractivity contribution is 5.85. The molecule has 1 fully saturated rings. The molecule has 0 bridgehead atoms. The van der Waals surface area contributed by atoms with Crippen molar-refractivity contribution in [2.75, 3.05) is 6.54 Å². The van der Waals surface area contributed by atoms with Crippen molar-refractivity contribution < 1.29 is 9.90 Å². The Bertz CT molecular complexity index is 603. The summed E-state index contributed by atoms with van der Waals surface area (Å²) in [7, 11) is 0. The van der Waals surface area contributed by atoms with Crippen LogP contribution in [-0.2, 0) is 11.3 Å². The summed E-state index contributed by atoms with van der Waals surface area (Å²) in [4.78, 5) is 10.8. The molecule has 2 N–H and O–H groups in total. The fraction of sp³-hybridized carbons (Fsp3) is 0.312. The predicted octanol–water partition coefficient (Wildman–Crippen LogP) is 2.65. The Morgan fingerprint density at radius 3 is 2.79 bits per heavy atom. The summed E-state index contributed by atoms with van der Waals surface area (Å²) in [5, 5.41) is 14.7. The van der Waals surface area contributed by atoms with Gasteiger partial charge in [-0.3, -0.25) is 4.79 Å². The highest BCUT2D eigenvalue weighted by Crippen LogP contribution is 2.37. The van der Waals surface area contributed by atoms with Gasteiger partial charge in [0.2, 0.25) is 0 Å². The van der Waals surface area contributed by atoms with Crippen molar-refractivity contribution in [2.24, 2.45) is 11.8 Å². The molecule has 2 unspecified atom stereocenters. The second-order valence-corrected chi connectivity index (χ2v) is 5.21. The minimum Gasteiger partial charge on any atom is -0.481 e. The summed E-state index contributed by atoms with van der Waals surface area (Å²) < 4.78 is 0. The topological polar surface area (TPSA) is 49.3 Å². The molecule has 3 nitrogen and oxygen atoms in total. The van der Waals surface area contributed by atoms with E-state index < -0.39 is 5.97 Å². The van der Waals surface area contributed by atoms with E-state index in [-0.39, 0.29) is 5.92 Å². The second kappa shape index (κ2) is 5.02. The van der Waals surface area contributed by atoms with Crippen LogP contribution in [0.25, 0.3) is 10.8 Å². The Hall–Kier alpha value is -1.87. The van der Waals surface area contributed by atoms with Gasteiger partial charge in [0, 0.05) is 6.54 Å². The van der Waals surface area contributed by atoms with E-state index in [0.717, 1.165) is 19.5 Å². The van der Waals surface area contributed by atoms with Crippen molar-refractivity contribution in [2.45, 2.75) is 13.0 Å². The van der Waals surface area contributed by atoms with Gasteiger partial charge in [-0.15, -0.1) is 0 Å². The molecule has 0 radical (unpaired) electrons. The summed E-state index contributed by atoms with van der Waals surface area (Å²) in [5.41, 5.74) is 1.27. The molecule has 3 heteroatoms. The fourth-order valence-electron chi connectivity index (χ4n) is 2.61.